The van der Waals surface area contributed by atoms with Gasteiger partial charge in [0, 0.05) is 12.5 Å². The summed E-state index contributed by atoms with van der Waals surface area (Å²) in [5.74, 6) is 0.452. The Morgan fingerprint density at radius 1 is 1.46 bits per heavy atom. The van der Waals surface area contributed by atoms with Gasteiger partial charge in [0.05, 0.1) is 12.3 Å². The second kappa shape index (κ2) is 4.15. The van der Waals surface area contributed by atoms with Gasteiger partial charge in [-0.25, -0.2) is 9.97 Å². The molecule has 1 aliphatic heterocycles. The number of hydrogen-bond donors (Lipinski definition) is 0. The van der Waals surface area contributed by atoms with E-state index in [0.29, 0.717) is 5.92 Å². The van der Waals surface area contributed by atoms with E-state index in [1.165, 1.54) is 6.42 Å². The van der Waals surface area contributed by atoms with Crippen LogP contribution in [-0.2, 0) is 4.74 Å². The second-order valence-electron chi connectivity index (χ2n) is 3.18. The van der Waals surface area contributed by atoms with Crippen molar-refractivity contribution in [2.45, 2.75) is 18.8 Å². The fourth-order valence-corrected chi connectivity index (χ4v) is 1.87. The molecule has 0 bridgehead atoms. The predicted octanol–water partition coefficient (Wildman–Crippen LogP) is 2.13. The summed E-state index contributed by atoms with van der Waals surface area (Å²) in [6.45, 7) is 1.69. The number of ether oxygens (including phenoxy) is 1. The molecular formula is C9H11BrN2O. The van der Waals surface area contributed by atoms with Gasteiger partial charge in [-0.1, -0.05) is 0 Å². The van der Waals surface area contributed by atoms with Gasteiger partial charge < -0.3 is 4.74 Å². The summed E-state index contributed by atoms with van der Waals surface area (Å²) in [6, 6.07) is 1.97. The maximum atomic E-state index is 5.40. The first-order valence-electron chi connectivity index (χ1n) is 4.41. The highest BCUT2D eigenvalue weighted by molar-refractivity contribution is 9.10. The molecule has 1 fully saturated rings. The zero-order valence-electron chi connectivity index (χ0n) is 7.24. The molecular weight excluding hydrogens is 232 g/mol. The number of rotatable bonds is 1. The van der Waals surface area contributed by atoms with Crippen LogP contribution in [0.5, 0.6) is 0 Å². The Hall–Kier alpha value is -0.480. The van der Waals surface area contributed by atoms with E-state index in [0.717, 1.165) is 29.9 Å². The van der Waals surface area contributed by atoms with Gasteiger partial charge in [0.1, 0.15) is 10.9 Å². The fourth-order valence-electron chi connectivity index (χ4n) is 1.54. The molecule has 0 radical (unpaired) electrons. The normalized spacial score (nSPS) is 23.0. The molecule has 1 aromatic heterocycles. The summed E-state index contributed by atoms with van der Waals surface area (Å²) >= 11 is 3.34. The average molecular weight is 243 g/mol. The van der Waals surface area contributed by atoms with Gasteiger partial charge in [-0.15, -0.1) is 0 Å². The first kappa shape index (κ1) is 9.09. The molecule has 70 valence electrons. The average Bonchev–Trinajstić information content (AvgIpc) is 2.19. The number of hydrogen-bond acceptors (Lipinski definition) is 3. The van der Waals surface area contributed by atoms with Crippen LogP contribution in [0.15, 0.2) is 17.0 Å². The lowest BCUT2D eigenvalue weighted by atomic mass is 9.99. The second-order valence-corrected chi connectivity index (χ2v) is 3.99. The van der Waals surface area contributed by atoms with Crippen molar-refractivity contribution in [2.24, 2.45) is 0 Å². The minimum Gasteiger partial charge on any atom is -0.381 e. The van der Waals surface area contributed by atoms with E-state index in [2.05, 4.69) is 25.9 Å². The van der Waals surface area contributed by atoms with E-state index in [1.54, 1.807) is 6.33 Å². The van der Waals surface area contributed by atoms with Crippen LogP contribution >= 0.6 is 15.9 Å². The smallest absolute Gasteiger partial charge is 0.116 e. The summed E-state index contributed by atoms with van der Waals surface area (Å²) in [5.41, 5.74) is 1.08. The van der Waals surface area contributed by atoms with Gasteiger partial charge in [-0.2, -0.15) is 0 Å². The Morgan fingerprint density at radius 3 is 3.08 bits per heavy atom. The molecule has 4 heteroatoms. The molecule has 1 aliphatic rings. The minimum absolute atomic E-state index is 0.452. The highest BCUT2D eigenvalue weighted by Crippen LogP contribution is 2.24. The van der Waals surface area contributed by atoms with Crippen molar-refractivity contribution < 1.29 is 4.74 Å². The summed E-state index contributed by atoms with van der Waals surface area (Å²) < 4.78 is 6.25. The first-order valence-corrected chi connectivity index (χ1v) is 5.21. The summed E-state index contributed by atoms with van der Waals surface area (Å²) in [7, 11) is 0. The molecule has 1 saturated heterocycles. The van der Waals surface area contributed by atoms with Crippen LogP contribution in [0.1, 0.15) is 24.5 Å². The van der Waals surface area contributed by atoms with E-state index >= 15 is 0 Å². The number of nitrogens with zero attached hydrogens (tertiary/aromatic N) is 2. The van der Waals surface area contributed by atoms with E-state index in [4.69, 9.17) is 4.74 Å². The van der Waals surface area contributed by atoms with Crippen molar-refractivity contribution in [3.8, 4) is 0 Å². The van der Waals surface area contributed by atoms with Crippen molar-refractivity contribution in [2.75, 3.05) is 13.2 Å². The van der Waals surface area contributed by atoms with Gasteiger partial charge in [0.25, 0.3) is 0 Å². The molecule has 0 spiro atoms. The van der Waals surface area contributed by atoms with E-state index in [9.17, 15) is 0 Å². The van der Waals surface area contributed by atoms with Gasteiger partial charge >= 0.3 is 0 Å². The molecule has 1 aromatic rings. The highest BCUT2D eigenvalue weighted by Gasteiger charge is 2.17. The first-order chi connectivity index (χ1) is 6.36. The van der Waals surface area contributed by atoms with Gasteiger partial charge in [0.2, 0.25) is 0 Å². The lowest BCUT2D eigenvalue weighted by molar-refractivity contribution is 0.0792. The van der Waals surface area contributed by atoms with E-state index in [1.807, 2.05) is 6.07 Å². The quantitative estimate of drug-likeness (QED) is 0.709. The molecule has 1 atom stereocenters. The number of halogens is 1. The monoisotopic (exact) mass is 242 g/mol. The Morgan fingerprint density at radius 2 is 2.38 bits per heavy atom. The van der Waals surface area contributed by atoms with Crippen LogP contribution in [0.2, 0.25) is 0 Å². The Bertz CT molecular complexity index is 287. The van der Waals surface area contributed by atoms with Gasteiger partial charge in [-0.3, -0.25) is 0 Å². The molecule has 0 amide bonds. The highest BCUT2D eigenvalue weighted by atomic mass is 79.9. The SMILES string of the molecule is Brc1cc(C2CCCOC2)ncn1. The van der Waals surface area contributed by atoms with Gasteiger partial charge in [0.15, 0.2) is 0 Å². The number of aromatic nitrogens is 2. The summed E-state index contributed by atoms with van der Waals surface area (Å²) in [6.07, 6.45) is 3.89. The van der Waals surface area contributed by atoms with Crippen molar-refractivity contribution >= 4 is 15.9 Å². The zero-order chi connectivity index (χ0) is 9.10. The van der Waals surface area contributed by atoms with Crippen LogP contribution in [0.3, 0.4) is 0 Å². The molecule has 0 saturated carbocycles. The molecule has 1 unspecified atom stereocenters. The standard InChI is InChI=1S/C9H11BrN2O/c10-9-4-8(11-6-12-9)7-2-1-3-13-5-7/h4,6-7H,1-3,5H2. The third kappa shape index (κ3) is 2.25. The van der Waals surface area contributed by atoms with Crippen LogP contribution in [0.4, 0.5) is 0 Å². The van der Waals surface area contributed by atoms with Crippen LogP contribution < -0.4 is 0 Å². The van der Waals surface area contributed by atoms with E-state index < -0.39 is 0 Å². The van der Waals surface area contributed by atoms with Crippen LogP contribution in [0.25, 0.3) is 0 Å². The maximum Gasteiger partial charge on any atom is 0.116 e. The lowest BCUT2D eigenvalue weighted by Gasteiger charge is -2.21. The van der Waals surface area contributed by atoms with Crippen molar-refractivity contribution in [1.29, 1.82) is 0 Å². The summed E-state index contributed by atoms with van der Waals surface area (Å²) in [5, 5.41) is 0. The molecule has 0 aliphatic carbocycles. The molecule has 13 heavy (non-hydrogen) atoms. The Balaban J connectivity index is 2.14. The molecule has 0 aromatic carbocycles. The fraction of sp³-hybridized carbons (Fsp3) is 0.556. The Kier molecular flexibility index (Phi) is 2.90. The zero-order valence-corrected chi connectivity index (χ0v) is 8.83. The molecule has 3 nitrogen and oxygen atoms in total. The maximum absolute atomic E-state index is 5.40. The third-order valence-corrected chi connectivity index (χ3v) is 2.67. The van der Waals surface area contributed by atoms with Crippen LogP contribution in [-0.4, -0.2) is 23.2 Å². The van der Waals surface area contributed by atoms with Crippen molar-refractivity contribution in [1.82, 2.24) is 9.97 Å². The van der Waals surface area contributed by atoms with Gasteiger partial charge in [-0.05, 0) is 34.8 Å². The largest absolute Gasteiger partial charge is 0.381 e. The molecule has 0 N–H and O–H groups in total. The molecule has 2 rings (SSSR count). The lowest BCUT2D eigenvalue weighted by Crippen LogP contribution is -2.16. The topological polar surface area (TPSA) is 35.0 Å². The Labute approximate surface area is 85.7 Å². The third-order valence-electron chi connectivity index (χ3n) is 2.23. The van der Waals surface area contributed by atoms with Crippen molar-refractivity contribution in [3.05, 3.63) is 22.7 Å². The predicted molar refractivity (Wildman–Crippen MR) is 52.5 cm³/mol. The van der Waals surface area contributed by atoms with Crippen LogP contribution in [0, 0.1) is 0 Å². The summed E-state index contributed by atoms with van der Waals surface area (Å²) in [4.78, 5) is 8.24. The van der Waals surface area contributed by atoms with E-state index in [-0.39, 0.29) is 0 Å². The van der Waals surface area contributed by atoms with Crippen molar-refractivity contribution in [3.63, 3.8) is 0 Å². The molecule has 2 heterocycles. The minimum atomic E-state index is 0.452.